The Hall–Kier alpha value is -1.32. The first-order chi connectivity index (χ1) is 6.15. The summed E-state index contributed by atoms with van der Waals surface area (Å²) in [5.41, 5.74) is -0.229. The largest absolute Gasteiger partial charge is 0.298 e. The third kappa shape index (κ3) is 2.31. The highest BCUT2D eigenvalue weighted by molar-refractivity contribution is 5.77. The lowest BCUT2D eigenvalue weighted by atomic mass is 10.1. The lowest BCUT2D eigenvalue weighted by Gasteiger charge is -2.04. The fourth-order valence-corrected chi connectivity index (χ4v) is 1.06. The number of benzene rings is 1. The highest BCUT2D eigenvalue weighted by Gasteiger charge is 2.12. The lowest BCUT2D eigenvalue weighted by molar-refractivity contribution is 0.111. The molecule has 0 aliphatic rings. The molecule has 0 amide bonds. The Morgan fingerprint density at radius 1 is 1.38 bits per heavy atom. The van der Waals surface area contributed by atoms with Crippen molar-refractivity contribution in [2.24, 2.45) is 0 Å². The summed E-state index contributed by atoms with van der Waals surface area (Å²) in [6, 6.07) is 3.69. The molecule has 0 fully saturated rings. The second-order valence-corrected chi connectivity index (χ2v) is 2.52. The highest BCUT2D eigenvalue weighted by atomic mass is 19.3. The van der Waals surface area contributed by atoms with Crippen LogP contribution in [0, 0.1) is 5.82 Å². The van der Waals surface area contributed by atoms with Gasteiger partial charge in [0.1, 0.15) is 12.1 Å². The van der Waals surface area contributed by atoms with Crippen molar-refractivity contribution in [2.45, 2.75) is 12.8 Å². The number of aldehydes is 1. The van der Waals surface area contributed by atoms with Gasteiger partial charge in [0.2, 0.25) is 6.43 Å². The summed E-state index contributed by atoms with van der Waals surface area (Å²) in [5, 5.41) is 0. The molecule has 13 heavy (non-hydrogen) atoms. The Labute approximate surface area is 73.2 Å². The van der Waals surface area contributed by atoms with Gasteiger partial charge in [-0.05, 0) is 6.07 Å². The minimum absolute atomic E-state index is 0.0136. The van der Waals surface area contributed by atoms with E-state index in [4.69, 9.17) is 0 Å². The molecule has 0 unspecified atom stereocenters. The van der Waals surface area contributed by atoms with Gasteiger partial charge in [-0.3, -0.25) is 4.79 Å². The summed E-state index contributed by atoms with van der Waals surface area (Å²) in [5.74, 6) is -0.759. The number of rotatable bonds is 3. The van der Waals surface area contributed by atoms with Gasteiger partial charge in [0.25, 0.3) is 0 Å². The van der Waals surface area contributed by atoms with Gasteiger partial charge in [-0.25, -0.2) is 13.2 Å². The minimum atomic E-state index is -2.64. The molecule has 0 saturated heterocycles. The maximum Gasteiger partial charge on any atom is 0.242 e. The topological polar surface area (TPSA) is 17.1 Å². The van der Waals surface area contributed by atoms with Crippen LogP contribution < -0.4 is 0 Å². The molecule has 0 radical (unpaired) electrons. The van der Waals surface area contributed by atoms with Gasteiger partial charge in [0.05, 0.1) is 0 Å². The van der Waals surface area contributed by atoms with Gasteiger partial charge in [-0.15, -0.1) is 0 Å². The summed E-state index contributed by atoms with van der Waals surface area (Å²) >= 11 is 0. The molecule has 0 atom stereocenters. The maximum atomic E-state index is 12.9. The van der Waals surface area contributed by atoms with Crippen molar-refractivity contribution in [3.63, 3.8) is 0 Å². The number of alkyl halides is 2. The van der Waals surface area contributed by atoms with E-state index in [9.17, 15) is 18.0 Å². The van der Waals surface area contributed by atoms with E-state index in [1.807, 2.05) is 0 Å². The first-order valence-corrected chi connectivity index (χ1v) is 3.66. The lowest BCUT2D eigenvalue weighted by Crippen LogP contribution is -2.03. The highest BCUT2D eigenvalue weighted by Crippen LogP contribution is 2.15. The van der Waals surface area contributed by atoms with E-state index in [1.165, 1.54) is 12.1 Å². The molecule has 0 aromatic heterocycles. The van der Waals surface area contributed by atoms with E-state index in [0.717, 1.165) is 6.07 Å². The Balaban J connectivity index is 3.07. The standard InChI is InChI=1S/C9H7F3O/c10-8-3-1-2-6(5-13)7(8)4-9(11)12/h1-3,5,9H,4H2. The third-order valence-corrected chi connectivity index (χ3v) is 1.64. The van der Waals surface area contributed by atoms with Crippen molar-refractivity contribution in [1.29, 1.82) is 0 Å². The maximum absolute atomic E-state index is 12.9. The van der Waals surface area contributed by atoms with Crippen molar-refractivity contribution in [2.75, 3.05) is 0 Å². The van der Waals surface area contributed by atoms with Gasteiger partial charge in [0.15, 0.2) is 0 Å². The van der Waals surface area contributed by atoms with Crippen LogP contribution in [0.1, 0.15) is 15.9 Å². The molecule has 4 heteroatoms. The minimum Gasteiger partial charge on any atom is -0.298 e. The molecule has 0 aliphatic heterocycles. The van der Waals surface area contributed by atoms with Crippen molar-refractivity contribution in [1.82, 2.24) is 0 Å². The smallest absolute Gasteiger partial charge is 0.242 e. The van der Waals surface area contributed by atoms with Gasteiger partial charge >= 0.3 is 0 Å². The monoisotopic (exact) mass is 188 g/mol. The molecule has 1 aromatic rings. The van der Waals surface area contributed by atoms with Crippen LogP contribution in [0.15, 0.2) is 18.2 Å². The number of carbonyl (C=O) groups excluding carboxylic acids is 1. The fraction of sp³-hybridized carbons (Fsp3) is 0.222. The average Bonchev–Trinajstić information content (AvgIpc) is 2.08. The predicted octanol–water partition coefficient (Wildman–Crippen LogP) is 2.45. The molecule has 0 N–H and O–H groups in total. The Morgan fingerprint density at radius 2 is 2.08 bits per heavy atom. The molecule has 0 saturated carbocycles. The van der Waals surface area contributed by atoms with Crippen molar-refractivity contribution < 1.29 is 18.0 Å². The van der Waals surface area contributed by atoms with Crippen LogP contribution in [-0.4, -0.2) is 12.7 Å². The zero-order valence-electron chi connectivity index (χ0n) is 6.64. The van der Waals surface area contributed by atoms with Crippen LogP contribution in [0.25, 0.3) is 0 Å². The zero-order chi connectivity index (χ0) is 9.84. The van der Waals surface area contributed by atoms with E-state index >= 15 is 0 Å². The number of halogens is 3. The molecule has 0 spiro atoms. The Morgan fingerprint density at radius 3 is 2.62 bits per heavy atom. The molecule has 1 nitrogen and oxygen atoms in total. The van der Waals surface area contributed by atoms with E-state index in [2.05, 4.69) is 0 Å². The summed E-state index contributed by atoms with van der Waals surface area (Å²) in [6.07, 6.45) is -2.99. The first kappa shape index (κ1) is 9.77. The van der Waals surface area contributed by atoms with Gasteiger partial charge in [-0.2, -0.15) is 0 Å². The third-order valence-electron chi connectivity index (χ3n) is 1.64. The number of hydrogen-bond donors (Lipinski definition) is 0. The van der Waals surface area contributed by atoms with Crippen molar-refractivity contribution in [3.05, 3.63) is 35.1 Å². The Kier molecular flexibility index (Phi) is 3.06. The second-order valence-electron chi connectivity index (χ2n) is 2.52. The van der Waals surface area contributed by atoms with Gasteiger partial charge in [-0.1, -0.05) is 12.1 Å². The molecule has 70 valence electrons. The van der Waals surface area contributed by atoms with Crippen molar-refractivity contribution >= 4 is 6.29 Å². The Bertz CT molecular complexity index is 310. The summed E-state index contributed by atoms with van der Waals surface area (Å²) in [4.78, 5) is 10.3. The predicted molar refractivity (Wildman–Crippen MR) is 41.5 cm³/mol. The van der Waals surface area contributed by atoms with Crippen LogP contribution in [0.3, 0.4) is 0 Å². The first-order valence-electron chi connectivity index (χ1n) is 3.66. The number of carbonyl (C=O) groups is 1. The number of hydrogen-bond acceptors (Lipinski definition) is 1. The molecule has 0 aliphatic carbocycles. The van der Waals surface area contributed by atoms with Crippen molar-refractivity contribution in [3.8, 4) is 0 Å². The van der Waals surface area contributed by atoms with Crippen LogP contribution in [-0.2, 0) is 6.42 Å². The van der Waals surface area contributed by atoms with E-state index < -0.39 is 18.7 Å². The van der Waals surface area contributed by atoms with Crippen LogP contribution in [0.4, 0.5) is 13.2 Å². The van der Waals surface area contributed by atoms with Gasteiger partial charge in [0, 0.05) is 17.5 Å². The van der Waals surface area contributed by atoms with Crippen LogP contribution >= 0.6 is 0 Å². The fourth-order valence-electron chi connectivity index (χ4n) is 1.06. The molecule has 1 aromatic carbocycles. The molecular weight excluding hydrogens is 181 g/mol. The zero-order valence-corrected chi connectivity index (χ0v) is 6.64. The molecule has 0 heterocycles. The molecule has 1 rings (SSSR count). The quantitative estimate of drug-likeness (QED) is 0.666. The summed E-state index contributed by atoms with van der Waals surface area (Å²) < 4.78 is 36.8. The summed E-state index contributed by atoms with van der Waals surface area (Å²) in [6.45, 7) is 0. The SMILES string of the molecule is O=Cc1cccc(F)c1CC(F)F. The molecular formula is C9H7F3O. The summed E-state index contributed by atoms with van der Waals surface area (Å²) in [7, 11) is 0. The average molecular weight is 188 g/mol. The van der Waals surface area contributed by atoms with Crippen LogP contribution in [0.2, 0.25) is 0 Å². The van der Waals surface area contributed by atoms with E-state index in [1.54, 1.807) is 0 Å². The van der Waals surface area contributed by atoms with E-state index in [-0.39, 0.29) is 11.1 Å². The van der Waals surface area contributed by atoms with E-state index in [0.29, 0.717) is 6.29 Å². The van der Waals surface area contributed by atoms with Crippen LogP contribution in [0.5, 0.6) is 0 Å². The molecule has 0 bridgehead atoms. The second kappa shape index (κ2) is 4.07. The van der Waals surface area contributed by atoms with Gasteiger partial charge < -0.3 is 0 Å². The normalized spacial score (nSPS) is 10.5.